The summed E-state index contributed by atoms with van der Waals surface area (Å²) in [5.41, 5.74) is 0.413. The smallest absolute Gasteiger partial charge is 0.163 e. The zero-order valence-corrected chi connectivity index (χ0v) is 11.8. The van der Waals surface area contributed by atoms with Gasteiger partial charge >= 0.3 is 0 Å². The fraction of sp³-hybridized carbons (Fsp3) is 0.333. The van der Waals surface area contributed by atoms with Crippen LogP contribution in [0.4, 0.5) is 4.39 Å². The van der Waals surface area contributed by atoms with Gasteiger partial charge in [0.05, 0.1) is 4.47 Å². The summed E-state index contributed by atoms with van der Waals surface area (Å²) in [5, 5.41) is 7.30. The lowest BCUT2D eigenvalue weighted by Gasteiger charge is -2.07. The second kappa shape index (κ2) is 5.58. The minimum absolute atomic E-state index is 0.326. The van der Waals surface area contributed by atoms with Gasteiger partial charge in [0.25, 0.3) is 0 Å². The molecule has 2 aromatic rings. The van der Waals surface area contributed by atoms with E-state index in [1.165, 1.54) is 0 Å². The lowest BCUT2D eigenvalue weighted by molar-refractivity contribution is 0.597. The van der Waals surface area contributed by atoms with E-state index in [0.29, 0.717) is 22.4 Å². The Morgan fingerprint density at radius 3 is 2.94 bits per heavy atom. The lowest BCUT2D eigenvalue weighted by Crippen LogP contribution is -2.14. The molecule has 4 nitrogen and oxygen atoms in total. The van der Waals surface area contributed by atoms with Crippen molar-refractivity contribution in [1.29, 1.82) is 0 Å². The maximum atomic E-state index is 14.0. The minimum Gasteiger partial charge on any atom is -0.319 e. The van der Waals surface area contributed by atoms with Gasteiger partial charge in [-0.3, -0.25) is 0 Å². The molecular formula is C12H14BrFN4. The van der Waals surface area contributed by atoms with Crippen molar-refractivity contribution in [3.63, 3.8) is 0 Å². The van der Waals surface area contributed by atoms with Gasteiger partial charge in [0.1, 0.15) is 17.3 Å². The van der Waals surface area contributed by atoms with E-state index in [4.69, 9.17) is 0 Å². The van der Waals surface area contributed by atoms with Crippen molar-refractivity contribution in [2.45, 2.75) is 13.3 Å². The van der Waals surface area contributed by atoms with Crippen LogP contribution in [0.15, 0.2) is 22.7 Å². The first-order valence-electron chi connectivity index (χ1n) is 5.65. The van der Waals surface area contributed by atoms with Crippen LogP contribution < -0.4 is 5.32 Å². The summed E-state index contributed by atoms with van der Waals surface area (Å²) in [4.78, 5) is 4.33. The summed E-state index contributed by atoms with van der Waals surface area (Å²) in [6, 6.07) is 5.13. The number of nitrogens with zero attached hydrogens (tertiary/aromatic N) is 3. The standard InChI is InChI=1S/C12H14BrFN4/c1-8-16-11(6-7-15-2)18(17-8)10-5-3-4-9(13)12(10)14/h3-5,15H,6-7H2,1-2H3. The molecule has 0 aliphatic heterocycles. The molecule has 96 valence electrons. The molecule has 1 aromatic carbocycles. The average molecular weight is 313 g/mol. The third kappa shape index (κ3) is 2.59. The Balaban J connectivity index is 2.46. The highest BCUT2D eigenvalue weighted by atomic mass is 79.9. The quantitative estimate of drug-likeness (QED) is 0.941. The summed E-state index contributed by atoms with van der Waals surface area (Å²) in [7, 11) is 1.87. The fourth-order valence-corrected chi connectivity index (χ4v) is 2.06. The zero-order chi connectivity index (χ0) is 13.1. The summed E-state index contributed by atoms with van der Waals surface area (Å²) < 4.78 is 16.0. The lowest BCUT2D eigenvalue weighted by atomic mass is 10.3. The molecule has 0 spiro atoms. The van der Waals surface area contributed by atoms with E-state index in [1.807, 2.05) is 7.05 Å². The maximum Gasteiger partial charge on any atom is 0.163 e. The van der Waals surface area contributed by atoms with Crippen molar-refractivity contribution in [1.82, 2.24) is 20.1 Å². The number of aromatic nitrogens is 3. The molecule has 0 atom stereocenters. The SMILES string of the molecule is CNCCc1nc(C)nn1-c1cccc(Br)c1F. The fourth-order valence-electron chi connectivity index (χ4n) is 1.71. The first-order valence-corrected chi connectivity index (χ1v) is 6.44. The highest BCUT2D eigenvalue weighted by Crippen LogP contribution is 2.22. The molecule has 0 amide bonds. The average Bonchev–Trinajstić information content (AvgIpc) is 2.71. The van der Waals surface area contributed by atoms with E-state index in [9.17, 15) is 4.39 Å². The molecule has 0 bridgehead atoms. The molecule has 0 radical (unpaired) electrons. The number of benzene rings is 1. The van der Waals surface area contributed by atoms with Crippen LogP contribution in [0.1, 0.15) is 11.6 Å². The maximum absolute atomic E-state index is 14.0. The third-order valence-corrected chi connectivity index (χ3v) is 3.15. The number of halogens is 2. The number of nitrogens with one attached hydrogen (secondary N) is 1. The molecule has 1 N–H and O–H groups in total. The Kier molecular flexibility index (Phi) is 4.08. The van der Waals surface area contributed by atoms with Crippen LogP contribution in [0.5, 0.6) is 0 Å². The van der Waals surface area contributed by atoms with Crippen molar-refractivity contribution in [3.05, 3.63) is 40.1 Å². The van der Waals surface area contributed by atoms with Crippen LogP contribution >= 0.6 is 15.9 Å². The molecule has 18 heavy (non-hydrogen) atoms. The van der Waals surface area contributed by atoms with Gasteiger partial charge < -0.3 is 5.32 Å². The van der Waals surface area contributed by atoms with Crippen LogP contribution in [-0.2, 0) is 6.42 Å². The van der Waals surface area contributed by atoms with E-state index in [-0.39, 0.29) is 5.82 Å². The van der Waals surface area contributed by atoms with Gasteiger partial charge in [-0.2, -0.15) is 5.10 Å². The van der Waals surface area contributed by atoms with Crippen LogP contribution in [0, 0.1) is 12.7 Å². The Hall–Kier alpha value is -1.27. The van der Waals surface area contributed by atoms with Gasteiger partial charge in [0, 0.05) is 13.0 Å². The Morgan fingerprint density at radius 1 is 1.44 bits per heavy atom. The molecular weight excluding hydrogens is 299 g/mol. The first-order chi connectivity index (χ1) is 8.63. The zero-order valence-electron chi connectivity index (χ0n) is 10.2. The molecule has 0 saturated carbocycles. The molecule has 1 aromatic heterocycles. The van der Waals surface area contributed by atoms with Crippen LogP contribution in [0.2, 0.25) is 0 Å². The van der Waals surface area contributed by atoms with Gasteiger partial charge in [0.2, 0.25) is 0 Å². The van der Waals surface area contributed by atoms with Crippen LogP contribution in [0.3, 0.4) is 0 Å². The monoisotopic (exact) mass is 312 g/mol. The highest BCUT2D eigenvalue weighted by Gasteiger charge is 2.14. The summed E-state index contributed by atoms with van der Waals surface area (Å²) in [6.45, 7) is 2.57. The van der Waals surface area contributed by atoms with Crippen molar-refractivity contribution in [3.8, 4) is 5.69 Å². The Morgan fingerprint density at radius 2 is 2.22 bits per heavy atom. The molecule has 2 rings (SSSR count). The second-order valence-electron chi connectivity index (χ2n) is 3.91. The number of aryl methyl sites for hydroxylation is 1. The first kappa shape index (κ1) is 13.2. The van der Waals surface area contributed by atoms with Crippen molar-refractivity contribution in [2.24, 2.45) is 0 Å². The molecule has 1 heterocycles. The van der Waals surface area contributed by atoms with Crippen LogP contribution in [-0.4, -0.2) is 28.4 Å². The number of hydrogen-bond acceptors (Lipinski definition) is 3. The molecule has 0 unspecified atom stereocenters. The van der Waals surface area contributed by atoms with Gasteiger partial charge in [-0.05, 0) is 42.0 Å². The predicted octanol–water partition coefficient (Wildman–Crippen LogP) is 2.24. The second-order valence-corrected chi connectivity index (χ2v) is 4.77. The van der Waals surface area contributed by atoms with Gasteiger partial charge in [0.15, 0.2) is 5.82 Å². The predicted molar refractivity (Wildman–Crippen MR) is 71.4 cm³/mol. The number of likely N-dealkylation sites (N-methyl/N-ethyl adjacent to an activating group) is 1. The number of hydrogen-bond donors (Lipinski definition) is 1. The molecule has 0 saturated heterocycles. The van der Waals surface area contributed by atoms with Gasteiger partial charge in [-0.25, -0.2) is 14.1 Å². The highest BCUT2D eigenvalue weighted by molar-refractivity contribution is 9.10. The van der Waals surface area contributed by atoms with Crippen LogP contribution in [0.25, 0.3) is 5.69 Å². The molecule has 0 aliphatic carbocycles. The number of rotatable bonds is 4. The minimum atomic E-state index is -0.326. The molecule has 0 aliphatic rings. The topological polar surface area (TPSA) is 42.7 Å². The Labute approximate surface area is 113 Å². The molecule has 6 heteroatoms. The van der Waals surface area contributed by atoms with E-state index >= 15 is 0 Å². The third-order valence-electron chi connectivity index (χ3n) is 2.54. The Bertz CT molecular complexity index is 553. The van der Waals surface area contributed by atoms with E-state index in [1.54, 1.807) is 29.8 Å². The van der Waals surface area contributed by atoms with Crippen molar-refractivity contribution in [2.75, 3.05) is 13.6 Å². The summed E-state index contributed by atoms with van der Waals surface area (Å²) >= 11 is 3.18. The largest absolute Gasteiger partial charge is 0.319 e. The van der Waals surface area contributed by atoms with E-state index in [0.717, 1.165) is 12.4 Å². The normalized spacial score (nSPS) is 10.9. The summed E-state index contributed by atoms with van der Waals surface area (Å²) in [6.07, 6.45) is 0.698. The van der Waals surface area contributed by atoms with E-state index in [2.05, 4.69) is 31.3 Å². The van der Waals surface area contributed by atoms with E-state index < -0.39 is 0 Å². The van der Waals surface area contributed by atoms with Crippen molar-refractivity contribution < 1.29 is 4.39 Å². The van der Waals surface area contributed by atoms with Gasteiger partial charge in [-0.1, -0.05) is 6.07 Å². The van der Waals surface area contributed by atoms with Crippen molar-refractivity contribution >= 4 is 15.9 Å². The molecule has 0 fully saturated rings. The van der Waals surface area contributed by atoms with Gasteiger partial charge in [-0.15, -0.1) is 0 Å². The summed E-state index contributed by atoms with van der Waals surface area (Å²) in [5.74, 6) is 1.06.